The Morgan fingerprint density at radius 3 is 2.43 bits per heavy atom. The molecule has 150 valence electrons. The van der Waals surface area contributed by atoms with E-state index in [0.29, 0.717) is 30.0 Å². The predicted molar refractivity (Wildman–Crippen MR) is 106 cm³/mol. The third-order valence-corrected chi connectivity index (χ3v) is 6.36. The number of benzene rings is 1. The molecular weight excluding hydrogens is 382 g/mol. The number of hydrogen-bond acceptors (Lipinski definition) is 6. The minimum Gasteiger partial charge on any atom is -0.451 e. The number of rotatable bonds is 5. The van der Waals surface area contributed by atoms with Gasteiger partial charge in [-0.1, -0.05) is 0 Å². The summed E-state index contributed by atoms with van der Waals surface area (Å²) in [6.07, 6.45) is 0.139. The lowest BCUT2D eigenvalue weighted by molar-refractivity contribution is -0.160. The van der Waals surface area contributed by atoms with E-state index in [0.717, 1.165) is 0 Å². The molecule has 2 aliphatic rings. The van der Waals surface area contributed by atoms with Crippen molar-refractivity contribution in [3.8, 4) is 0 Å². The van der Waals surface area contributed by atoms with Crippen molar-refractivity contribution < 1.29 is 23.9 Å². The van der Waals surface area contributed by atoms with Gasteiger partial charge in [0.1, 0.15) is 6.04 Å². The third-order valence-electron chi connectivity index (χ3n) is 4.85. The van der Waals surface area contributed by atoms with Crippen LogP contribution in [0.3, 0.4) is 0 Å². The molecule has 1 aromatic rings. The number of nitrogens with one attached hydrogen (secondary N) is 2. The van der Waals surface area contributed by atoms with Gasteiger partial charge in [0.25, 0.3) is 5.91 Å². The normalized spacial score (nSPS) is 24.5. The van der Waals surface area contributed by atoms with Gasteiger partial charge in [-0.2, -0.15) is 0 Å². The van der Waals surface area contributed by atoms with Crippen molar-refractivity contribution in [3.05, 3.63) is 24.3 Å². The fourth-order valence-electron chi connectivity index (χ4n) is 3.39. The largest absolute Gasteiger partial charge is 0.451 e. The molecule has 0 aromatic heterocycles. The molecule has 0 aliphatic carbocycles. The zero-order valence-electron chi connectivity index (χ0n) is 16.0. The van der Waals surface area contributed by atoms with Crippen LogP contribution in [0.1, 0.15) is 33.6 Å². The molecule has 2 heterocycles. The first kappa shape index (κ1) is 20.2. The van der Waals surface area contributed by atoms with Gasteiger partial charge < -0.3 is 20.3 Å². The van der Waals surface area contributed by atoms with Crippen molar-refractivity contribution in [2.45, 2.75) is 50.6 Å². The van der Waals surface area contributed by atoms with E-state index in [1.165, 1.54) is 13.8 Å². The highest BCUT2D eigenvalue weighted by atomic mass is 32.2. The summed E-state index contributed by atoms with van der Waals surface area (Å²) in [5.74, 6) is -0.794. The lowest BCUT2D eigenvalue weighted by Gasteiger charge is -2.29. The van der Waals surface area contributed by atoms with Gasteiger partial charge in [-0.05, 0) is 44.5 Å². The van der Waals surface area contributed by atoms with Crippen LogP contribution in [0.15, 0.2) is 24.3 Å². The lowest BCUT2D eigenvalue weighted by Crippen LogP contribution is -2.48. The van der Waals surface area contributed by atoms with Gasteiger partial charge in [0, 0.05) is 30.5 Å². The quantitative estimate of drug-likeness (QED) is 0.726. The van der Waals surface area contributed by atoms with Crippen molar-refractivity contribution >= 4 is 46.8 Å². The van der Waals surface area contributed by atoms with E-state index in [-0.39, 0.29) is 16.7 Å². The SMILES string of the molecule is CC(=O)Nc1ccc(NC(=O)[C@@H](C)OC(=O)[C@@H]2CS[C@@]3(C)CCC(=O)N23)cc1. The van der Waals surface area contributed by atoms with E-state index in [1.807, 2.05) is 6.92 Å². The summed E-state index contributed by atoms with van der Waals surface area (Å²) in [5.41, 5.74) is 1.13. The Labute approximate surface area is 167 Å². The van der Waals surface area contributed by atoms with Crippen LogP contribution in [0, 0.1) is 0 Å². The minimum atomic E-state index is -1.00. The average molecular weight is 405 g/mol. The Balaban J connectivity index is 1.56. The molecule has 28 heavy (non-hydrogen) atoms. The maximum absolute atomic E-state index is 12.5. The van der Waals surface area contributed by atoms with E-state index in [9.17, 15) is 19.2 Å². The van der Waals surface area contributed by atoms with Gasteiger partial charge in [0.05, 0.1) is 4.87 Å². The first-order chi connectivity index (χ1) is 13.2. The van der Waals surface area contributed by atoms with Crippen LogP contribution in [0.2, 0.25) is 0 Å². The molecular formula is C19H23N3O5S. The van der Waals surface area contributed by atoms with Gasteiger partial charge in [-0.25, -0.2) is 4.79 Å². The molecule has 0 saturated carbocycles. The molecule has 0 spiro atoms. The van der Waals surface area contributed by atoms with Gasteiger partial charge in [-0.15, -0.1) is 11.8 Å². The van der Waals surface area contributed by atoms with Crippen molar-refractivity contribution in [2.75, 3.05) is 16.4 Å². The summed E-state index contributed by atoms with van der Waals surface area (Å²) in [7, 11) is 0. The topological polar surface area (TPSA) is 105 Å². The summed E-state index contributed by atoms with van der Waals surface area (Å²) in [5, 5.41) is 5.30. The maximum Gasteiger partial charge on any atom is 0.330 e. The number of amides is 3. The van der Waals surface area contributed by atoms with Gasteiger partial charge in [-0.3, -0.25) is 14.4 Å². The minimum absolute atomic E-state index is 0.0502. The molecule has 2 N–H and O–H groups in total. The number of carbonyl (C=O) groups is 4. The standard InChI is InChI=1S/C19H23N3O5S/c1-11(17(25)21-14-6-4-13(5-7-14)20-12(2)23)27-18(26)15-10-28-19(3)9-8-16(24)22(15)19/h4-7,11,15H,8-10H2,1-3H3,(H,20,23)(H,21,25)/t11-,15+,19+/m1/s1. The monoisotopic (exact) mass is 405 g/mol. The zero-order chi connectivity index (χ0) is 20.5. The molecule has 0 radical (unpaired) electrons. The second kappa shape index (κ2) is 7.83. The smallest absolute Gasteiger partial charge is 0.330 e. The predicted octanol–water partition coefficient (Wildman–Crippen LogP) is 1.97. The van der Waals surface area contributed by atoms with Crippen LogP contribution in [-0.2, 0) is 23.9 Å². The van der Waals surface area contributed by atoms with Crippen molar-refractivity contribution in [1.29, 1.82) is 0 Å². The van der Waals surface area contributed by atoms with Crippen LogP contribution >= 0.6 is 11.8 Å². The van der Waals surface area contributed by atoms with Crippen LogP contribution in [0.25, 0.3) is 0 Å². The Hall–Kier alpha value is -2.55. The molecule has 9 heteroatoms. The van der Waals surface area contributed by atoms with Gasteiger partial charge in [0.2, 0.25) is 11.8 Å². The second-order valence-electron chi connectivity index (χ2n) is 7.09. The number of fused-ring (bicyclic) bond motifs is 1. The van der Waals surface area contributed by atoms with E-state index < -0.39 is 24.0 Å². The molecule has 3 rings (SSSR count). The highest BCUT2D eigenvalue weighted by Gasteiger charge is 2.53. The Kier molecular flexibility index (Phi) is 5.64. The number of nitrogens with zero attached hydrogens (tertiary/aromatic N) is 1. The Morgan fingerprint density at radius 2 is 1.82 bits per heavy atom. The number of hydrogen-bond donors (Lipinski definition) is 2. The third kappa shape index (κ3) is 4.14. The first-order valence-corrected chi connectivity index (χ1v) is 10.0. The maximum atomic E-state index is 12.5. The second-order valence-corrected chi connectivity index (χ2v) is 8.59. The van der Waals surface area contributed by atoms with Crippen molar-refractivity contribution in [3.63, 3.8) is 0 Å². The van der Waals surface area contributed by atoms with Gasteiger partial charge >= 0.3 is 5.97 Å². The Morgan fingerprint density at radius 1 is 1.21 bits per heavy atom. The van der Waals surface area contributed by atoms with Crippen molar-refractivity contribution in [2.24, 2.45) is 0 Å². The summed E-state index contributed by atoms with van der Waals surface area (Å²) in [4.78, 5) is 49.3. The molecule has 3 amide bonds. The molecule has 0 bridgehead atoms. The van der Waals surface area contributed by atoms with Gasteiger partial charge in [0.15, 0.2) is 6.10 Å². The first-order valence-electron chi connectivity index (χ1n) is 9.05. The fourth-order valence-corrected chi connectivity index (χ4v) is 4.80. The molecule has 2 saturated heterocycles. The summed E-state index contributed by atoms with van der Waals surface area (Å²) in [6, 6.07) is 5.93. The zero-order valence-corrected chi connectivity index (χ0v) is 16.8. The van der Waals surface area contributed by atoms with Crippen LogP contribution < -0.4 is 10.6 Å². The highest BCUT2D eigenvalue weighted by Crippen LogP contribution is 2.47. The molecule has 0 unspecified atom stereocenters. The van der Waals surface area contributed by atoms with Crippen LogP contribution in [0.5, 0.6) is 0 Å². The Bertz CT molecular complexity index is 812. The molecule has 1 aromatic carbocycles. The van der Waals surface area contributed by atoms with Crippen molar-refractivity contribution in [1.82, 2.24) is 4.90 Å². The van der Waals surface area contributed by atoms with Crippen LogP contribution in [0.4, 0.5) is 11.4 Å². The number of esters is 1. The number of anilines is 2. The van der Waals surface area contributed by atoms with E-state index in [1.54, 1.807) is 40.9 Å². The van der Waals surface area contributed by atoms with E-state index in [2.05, 4.69) is 10.6 Å². The van der Waals surface area contributed by atoms with Crippen LogP contribution in [-0.4, -0.2) is 51.4 Å². The van der Waals surface area contributed by atoms with E-state index in [4.69, 9.17) is 4.74 Å². The molecule has 3 atom stereocenters. The summed E-state index contributed by atoms with van der Waals surface area (Å²) < 4.78 is 5.33. The van der Waals surface area contributed by atoms with E-state index >= 15 is 0 Å². The summed E-state index contributed by atoms with van der Waals surface area (Å²) in [6.45, 7) is 4.86. The average Bonchev–Trinajstić information content (AvgIpc) is 3.12. The molecule has 2 fully saturated rings. The number of thioether (sulfide) groups is 1. The number of carbonyl (C=O) groups excluding carboxylic acids is 4. The fraction of sp³-hybridized carbons (Fsp3) is 0.474. The number of ether oxygens (including phenoxy) is 1. The highest BCUT2D eigenvalue weighted by molar-refractivity contribution is 8.01. The molecule has 2 aliphatic heterocycles. The lowest BCUT2D eigenvalue weighted by atomic mass is 10.2. The summed E-state index contributed by atoms with van der Waals surface area (Å²) >= 11 is 1.57. The molecule has 8 nitrogen and oxygen atoms in total.